The van der Waals surface area contributed by atoms with E-state index in [0.29, 0.717) is 12.2 Å². The Morgan fingerprint density at radius 1 is 1.22 bits per heavy atom. The average molecular weight is 305 g/mol. The normalized spacial score (nSPS) is 9.94. The van der Waals surface area contributed by atoms with E-state index in [1.807, 2.05) is 0 Å². The van der Waals surface area contributed by atoms with Crippen LogP contribution in [0.5, 0.6) is 0 Å². The maximum absolute atomic E-state index is 6.93. The van der Waals surface area contributed by atoms with Crippen molar-refractivity contribution in [2.75, 3.05) is 0 Å². The van der Waals surface area contributed by atoms with Crippen molar-refractivity contribution in [2.45, 2.75) is 26.2 Å². The van der Waals surface area contributed by atoms with Crippen molar-refractivity contribution in [2.24, 2.45) is 0 Å². The van der Waals surface area contributed by atoms with Crippen LogP contribution < -0.4 is 0 Å². The third-order valence-corrected chi connectivity index (χ3v) is 4.29. The number of nitrogens with one attached hydrogen (secondary N) is 1. The first-order valence-electron chi connectivity index (χ1n) is 5.41. The topological polar surface area (TPSA) is 63.2 Å². The molecule has 0 aliphatic heterocycles. The molecular weight excluding hydrogens is 295 g/mol. The molecule has 18 heavy (non-hydrogen) atoms. The van der Waals surface area contributed by atoms with Gasteiger partial charge in [-0.05, 0) is 0 Å². The van der Waals surface area contributed by atoms with Gasteiger partial charge >= 0.3 is 110 Å². The summed E-state index contributed by atoms with van der Waals surface area (Å²) in [5.74, 6) is 0.974. The van der Waals surface area contributed by atoms with Gasteiger partial charge in [0.05, 0.1) is 0 Å². The second-order valence-corrected chi connectivity index (χ2v) is 6.00. The molecule has 0 aromatic carbocycles. The van der Waals surface area contributed by atoms with Crippen LogP contribution >= 0.6 is 0 Å². The van der Waals surface area contributed by atoms with Crippen LogP contribution in [0.3, 0.4) is 0 Å². The minimum absolute atomic E-state index is 0.140. The molecular formula is C11H10N6Se. The van der Waals surface area contributed by atoms with Crippen LogP contribution in [0, 0.1) is 13.1 Å². The first-order valence-corrected chi connectivity index (χ1v) is 7.13. The summed E-state index contributed by atoms with van der Waals surface area (Å²) in [5, 5.41) is 8.28. The van der Waals surface area contributed by atoms with Gasteiger partial charge in [0.25, 0.3) is 0 Å². The number of imidazole rings is 1. The van der Waals surface area contributed by atoms with Crippen molar-refractivity contribution in [3.63, 3.8) is 0 Å². The molecule has 2 aromatic rings. The number of aromatic amines is 1. The Hall–Kier alpha value is -1.95. The van der Waals surface area contributed by atoms with Crippen molar-refractivity contribution in [1.82, 2.24) is 20.2 Å². The zero-order chi connectivity index (χ0) is 13.0. The van der Waals surface area contributed by atoms with Gasteiger partial charge < -0.3 is 0 Å². The van der Waals surface area contributed by atoms with E-state index in [1.54, 1.807) is 0 Å². The van der Waals surface area contributed by atoms with Gasteiger partial charge in [-0.2, -0.15) is 0 Å². The van der Waals surface area contributed by atoms with Crippen LogP contribution in [-0.2, 0) is 12.8 Å². The molecule has 0 aliphatic carbocycles. The Morgan fingerprint density at radius 2 is 2.00 bits per heavy atom. The van der Waals surface area contributed by atoms with E-state index in [2.05, 4.69) is 36.8 Å². The van der Waals surface area contributed by atoms with Crippen molar-refractivity contribution in [1.29, 1.82) is 0 Å². The van der Waals surface area contributed by atoms with Gasteiger partial charge in [-0.1, -0.05) is 0 Å². The van der Waals surface area contributed by atoms with Crippen molar-refractivity contribution in [3.05, 3.63) is 37.8 Å². The molecule has 0 saturated carbocycles. The number of H-pyrrole nitrogens is 1. The van der Waals surface area contributed by atoms with E-state index >= 15 is 0 Å². The average Bonchev–Trinajstić information content (AvgIpc) is 2.97. The third kappa shape index (κ3) is 2.65. The Morgan fingerprint density at radius 3 is 2.61 bits per heavy atom. The Bertz CT molecular complexity index is 595. The zero-order valence-corrected chi connectivity index (χ0v) is 11.5. The number of rotatable bonds is 4. The van der Waals surface area contributed by atoms with Gasteiger partial charge in [-0.3, -0.25) is 0 Å². The van der Waals surface area contributed by atoms with E-state index < -0.39 is 0 Å². The first-order chi connectivity index (χ1) is 8.76. The fourth-order valence-corrected chi connectivity index (χ4v) is 3.45. The molecule has 0 amide bonds. The number of hydrogen-bond acceptors (Lipinski definition) is 3. The molecule has 7 heteroatoms. The quantitative estimate of drug-likeness (QED) is 0.693. The number of aryl methyl sites for hydroxylation is 1. The summed E-state index contributed by atoms with van der Waals surface area (Å²) in [6, 6.07) is 0. The summed E-state index contributed by atoms with van der Waals surface area (Å²) < 4.78 is 2.15. The van der Waals surface area contributed by atoms with Gasteiger partial charge in [-0.25, -0.2) is 0 Å². The molecule has 1 N–H and O–H groups in total. The van der Waals surface area contributed by atoms with Crippen LogP contribution in [0.15, 0.2) is 0 Å². The first kappa shape index (κ1) is 12.5. The monoisotopic (exact) mass is 306 g/mol. The summed E-state index contributed by atoms with van der Waals surface area (Å²) >= 11 is 0.194. The predicted molar refractivity (Wildman–Crippen MR) is 66.9 cm³/mol. The molecule has 0 aliphatic rings. The predicted octanol–water partition coefficient (Wildman–Crippen LogP) is 1.90. The second-order valence-electron chi connectivity index (χ2n) is 3.60. The molecule has 90 valence electrons. The van der Waals surface area contributed by atoms with E-state index in [1.165, 1.54) is 0 Å². The zero-order valence-electron chi connectivity index (χ0n) is 9.77. The summed E-state index contributed by atoms with van der Waals surface area (Å²) in [7, 11) is 0. The molecule has 6 nitrogen and oxygen atoms in total. The van der Waals surface area contributed by atoms with Crippen molar-refractivity contribution < 1.29 is 0 Å². The van der Waals surface area contributed by atoms with Crippen LogP contribution in [0.4, 0.5) is 11.6 Å². The maximum atomic E-state index is 6.93. The second kappa shape index (κ2) is 5.59. The Balaban J connectivity index is 2.16. The van der Waals surface area contributed by atoms with E-state index in [9.17, 15) is 0 Å². The fraction of sp³-hybridized carbons (Fsp3) is 0.364. The van der Waals surface area contributed by atoms with Gasteiger partial charge in [-0.15, -0.1) is 0 Å². The van der Waals surface area contributed by atoms with Crippen LogP contribution in [0.25, 0.3) is 9.69 Å². The molecule has 0 fully saturated rings. The van der Waals surface area contributed by atoms with Gasteiger partial charge in [0.15, 0.2) is 0 Å². The number of hydrogen-bond donors (Lipinski definition) is 1. The van der Waals surface area contributed by atoms with E-state index in [4.69, 9.17) is 13.1 Å². The van der Waals surface area contributed by atoms with Crippen LogP contribution in [0.2, 0.25) is 0 Å². The SMILES string of the molecule is [C-]#[N+]c1nc(Cc2nnc(CCC)[se]2)[nH]c1[N+]#[C-]. The molecule has 0 bridgehead atoms. The number of aromatic nitrogens is 4. The minimum atomic E-state index is 0.140. The summed E-state index contributed by atoms with van der Waals surface area (Å²) in [4.78, 5) is 13.4. The van der Waals surface area contributed by atoms with Gasteiger partial charge in [0, 0.05) is 0 Å². The standard InChI is InChI=1S/C11H10N6Se/c1-4-5-8-16-17-9(18-8)6-7-14-10(12-2)11(13-3)15-7/h4-6H2,1H3,(H,14,15). The summed E-state index contributed by atoms with van der Waals surface area (Å²) in [5.41, 5.74) is 0. The van der Waals surface area contributed by atoms with E-state index in [0.717, 1.165) is 22.0 Å². The molecule has 0 spiro atoms. The molecule has 2 rings (SSSR count). The summed E-state index contributed by atoms with van der Waals surface area (Å²) in [6.07, 6.45) is 2.62. The molecule has 0 saturated heterocycles. The molecule has 0 atom stereocenters. The summed E-state index contributed by atoms with van der Waals surface area (Å²) in [6.45, 7) is 16.0. The Labute approximate surface area is 110 Å². The fourth-order valence-electron chi connectivity index (χ4n) is 1.46. The van der Waals surface area contributed by atoms with Crippen molar-refractivity contribution >= 4 is 26.1 Å². The third-order valence-electron chi connectivity index (χ3n) is 2.22. The van der Waals surface area contributed by atoms with Gasteiger partial charge in [0.2, 0.25) is 0 Å². The molecule has 0 radical (unpaired) electrons. The number of nitrogens with zero attached hydrogens (tertiary/aromatic N) is 5. The van der Waals surface area contributed by atoms with Crippen LogP contribution in [0.1, 0.15) is 28.3 Å². The molecule has 0 unspecified atom stereocenters. The van der Waals surface area contributed by atoms with Crippen LogP contribution in [-0.4, -0.2) is 34.7 Å². The van der Waals surface area contributed by atoms with Crippen molar-refractivity contribution in [3.8, 4) is 0 Å². The molecule has 2 heterocycles. The van der Waals surface area contributed by atoms with Gasteiger partial charge in [0.1, 0.15) is 0 Å². The molecule has 2 aromatic heterocycles. The Kier molecular flexibility index (Phi) is 3.88. The van der Waals surface area contributed by atoms with E-state index in [-0.39, 0.29) is 26.1 Å².